The van der Waals surface area contributed by atoms with Crippen LogP contribution in [0.5, 0.6) is 5.75 Å². The molecular weight excluding hydrogens is 514 g/mol. The van der Waals surface area contributed by atoms with Crippen LogP contribution in [0.15, 0.2) is 48.5 Å². The second-order valence-electron chi connectivity index (χ2n) is 10.3. The molecule has 0 aromatic heterocycles. The molecular formula is C30H43N3O5S. The number of carbonyl (C=O) groups is 2. The van der Waals surface area contributed by atoms with Crippen molar-refractivity contribution in [2.24, 2.45) is 0 Å². The van der Waals surface area contributed by atoms with E-state index in [0.29, 0.717) is 37.4 Å². The monoisotopic (exact) mass is 557 g/mol. The minimum Gasteiger partial charge on any atom is -0.494 e. The first-order valence-corrected chi connectivity index (χ1v) is 15.8. The zero-order chi connectivity index (χ0) is 28.4. The fourth-order valence-corrected chi connectivity index (χ4v) is 6.14. The Morgan fingerprint density at radius 1 is 1.08 bits per heavy atom. The minimum absolute atomic E-state index is 0.113. The third-order valence-corrected chi connectivity index (χ3v) is 8.30. The van der Waals surface area contributed by atoms with E-state index in [-0.39, 0.29) is 30.8 Å². The Kier molecular flexibility index (Phi) is 11.2. The lowest BCUT2D eigenvalue weighted by Crippen LogP contribution is -2.51. The topological polar surface area (TPSA) is 96.0 Å². The van der Waals surface area contributed by atoms with Crippen molar-refractivity contribution in [3.8, 4) is 5.75 Å². The Balaban J connectivity index is 1.74. The van der Waals surface area contributed by atoms with Crippen LogP contribution < -0.4 is 14.4 Å². The normalized spacial score (nSPS) is 14.6. The number of hydrogen-bond donors (Lipinski definition) is 1. The maximum absolute atomic E-state index is 13.6. The van der Waals surface area contributed by atoms with Crippen molar-refractivity contribution in [2.75, 3.05) is 23.7 Å². The number of nitrogens with zero attached hydrogens (tertiary/aromatic N) is 2. The molecule has 1 atom stereocenters. The molecule has 0 aliphatic heterocycles. The van der Waals surface area contributed by atoms with Gasteiger partial charge in [-0.05, 0) is 69.4 Å². The smallest absolute Gasteiger partial charge is 0.243 e. The summed E-state index contributed by atoms with van der Waals surface area (Å²) in [6, 6.07) is 14.4. The summed E-state index contributed by atoms with van der Waals surface area (Å²) in [7, 11) is -3.56. The van der Waals surface area contributed by atoms with Crippen molar-refractivity contribution in [1.82, 2.24) is 10.2 Å². The van der Waals surface area contributed by atoms with Gasteiger partial charge in [0, 0.05) is 25.6 Å². The average Bonchev–Trinajstić information content (AvgIpc) is 3.39. The Morgan fingerprint density at radius 2 is 1.77 bits per heavy atom. The van der Waals surface area contributed by atoms with Crippen LogP contribution >= 0.6 is 0 Å². The van der Waals surface area contributed by atoms with Gasteiger partial charge in [-0.15, -0.1) is 0 Å². The molecule has 2 aromatic carbocycles. The number of ether oxygens (including phenoxy) is 1. The quantitative estimate of drug-likeness (QED) is 0.360. The largest absolute Gasteiger partial charge is 0.494 e. The number of amides is 2. The van der Waals surface area contributed by atoms with E-state index < -0.39 is 16.1 Å². The molecule has 214 valence electrons. The Bertz CT molecular complexity index is 1190. The molecule has 0 saturated heterocycles. The molecule has 1 N–H and O–H groups in total. The maximum Gasteiger partial charge on any atom is 0.243 e. The molecule has 0 heterocycles. The summed E-state index contributed by atoms with van der Waals surface area (Å²) in [6.45, 7) is 6.81. The molecule has 0 bridgehead atoms. The maximum atomic E-state index is 13.6. The van der Waals surface area contributed by atoms with Gasteiger partial charge in [-0.1, -0.05) is 49.6 Å². The summed E-state index contributed by atoms with van der Waals surface area (Å²) in [5, 5.41) is 3.16. The van der Waals surface area contributed by atoms with Crippen LogP contribution in [0.3, 0.4) is 0 Å². The highest BCUT2D eigenvalue weighted by atomic mass is 32.2. The first kappa shape index (κ1) is 30.5. The predicted octanol–water partition coefficient (Wildman–Crippen LogP) is 4.81. The lowest BCUT2D eigenvalue weighted by Gasteiger charge is -2.32. The van der Waals surface area contributed by atoms with E-state index >= 15 is 0 Å². The highest BCUT2D eigenvalue weighted by Crippen LogP contribution is 2.23. The van der Waals surface area contributed by atoms with Crippen molar-refractivity contribution < 1.29 is 22.7 Å². The molecule has 1 aliphatic carbocycles. The molecule has 8 nitrogen and oxygen atoms in total. The Hall–Kier alpha value is -3.07. The number of sulfonamides is 1. The van der Waals surface area contributed by atoms with E-state index in [9.17, 15) is 18.0 Å². The molecule has 2 amide bonds. The molecule has 0 radical (unpaired) electrons. The number of carbonyl (C=O) groups excluding carboxylic acids is 2. The van der Waals surface area contributed by atoms with Crippen molar-refractivity contribution in [3.63, 3.8) is 0 Å². The number of benzene rings is 2. The molecule has 1 saturated carbocycles. The fourth-order valence-electron chi connectivity index (χ4n) is 5.17. The molecule has 2 aromatic rings. The van der Waals surface area contributed by atoms with Crippen LogP contribution in [-0.4, -0.2) is 56.6 Å². The van der Waals surface area contributed by atoms with Gasteiger partial charge in [0.25, 0.3) is 0 Å². The summed E-state index contributed by atoms with van der Waals surface area (Å²) in [5.41, 5.74) is 2.57. The van der Waals surface area contributed by atoms with E-state index in [2.05, 4.69) is 5.32 Å². The standard InChI is InChI=1S/C30H43N3O5S/c1-5-28(30(35)31-25-13-7-8-14-25)32(22-24-12-9-11-23(3)21-24)29(34)15-10-20-33(39(4,36)37)26-16-18-27(19-17-26)38-6-2/h9,11-12,16-19,21,25,28H,5-8,10,13-15,20,22H2,1-4H3,(H,31,35)/t28-/m1/s1. The lowest BCUT2D eigenvalue weighted by atomic mass is 10.1. The van der Waals surface area contributed by atoms with E-state index in [0.717, 1.165) is 43.1 Å². The van der Waals surface area contributed by atoms with Crippen molar-refractivity contribution >= 4 is 27.5 Å². The van der Waals surface area contributed by atoms with E-state index in [1.54, 1.807) is 29.2 Å². The van der Waals surface area contributed by atoms with Gasteiger partial charge in [0.1, 0.15) is 11.8 Å². The van der Waals surface area contributed by atoms with Gasteiger partial charge < -0.3 is 15.0 Å². The lowest BCUT2D eigenvalue weighted by molar-refractivity contribution is -0.141. The van der Waals surface area contributed by atoms with Crippen LogP contribution in [0.2, 0.25) is 0 Å². The van der Waals surface area contributed by atoms with Crippen molar-refractivity contribution in [2.45, 2.75) is 84.3 Å². The van der Waals surface area contributed by atoms with Crippen LogP contribution in [0.25, 0.3) is 0 Å². The van der Waals surface area contributed by atoms with Crippen LogP contribution in [0.1, 0.15) is 69.9 Å². The molecule has 39 heavy (non-hydrogen) atoms. The molecule has 9 heteroatoms. The number of aryl methyl sites for hydroxylation is 1. The molecule has 1 fully saturated rings. The van der Waals surface area contributed by atoms with Gasteiger partial charge in [0.15, 0.2) is 0 Å². The highest BCUT2D eigenvalue weighted by molar-refractivity contribution is 7.92. The van der Waals surface area contributed by atoms with Crippen LogP contribution in [0.4, 0.5) is 5.69 Å². The highest BCUT2D eigenvalue weighted by Gasteiger charge is 2.30. The number of rotatable bonds is 14. The summed E-state index contributed by atoms with van der Waals surface area (Å²) in [6.07, 6.45) is 6.28. The summed E-state index contributed by atoms with van der Waals surface area (Å²) >= 11 is 0. The molecule has 0 unspecified atom stereocenters. The minimum atomic E-state index is -3.56. The molecule has 3 rings (SSSR count). The third-order valence-electron chi connectivity index (χ3n) is 7.11. The third kappa shape index (κ3) is 8.98. The summed E-state index contributed by atoms with van der Waals surface area (Å²) in [5.74, 6) is 0.390. The van der Waals surface area contributed by atoms with Gasteiger partial charge in [-0.3, -0.25) is 13.9 Å². The van der Waals surface area contributed by atoms with Gasteiger partial charge in [-0.25, -0.2) is 8.42 Å². The predicted molar refractivity (Wildman–Crippen MR) is 155 cm³/mol. The first-order chi connectivity index (χ1) is 18.6. The van der Waals surface area contributed by atoms with Gasteiger partial charge in [-0.2, -0.15) is 0 Å². The number of anilines is 1. The number of hydrogen-bond acceptors (Lipinski definition) is 5. The van der Waals surface area contributed by atoms with Crippen molar-refractivity contribution in [1.29, 1.82) is 0 Å². The Morgan fingerprint density at radius 3 is 2.36 bits per heavy atom. The number of nitrogens with one attached hydrogen (secondary N) is 1. The van der Waals surface area contributed by atoms with Crippen LogP contribution in [-0.2, 0) is 26.2 Å². The molecule has 0 spiro atoms. The van der Waals surface area contributed by atoms with Crippen LogP contribution in [0, 0.1) is 6.92 Å². The zero-order valence-electron chi connectivity index (χ0n) is 23.7. The van der Waals surface area contributed by atoms with E-state index in [1.165, 1.54) is 4.31 Å². The average molecular weight is 558 g/mol. The zero-order valence-corrected chi connectivity index (χ0v) is 24.5. The summed E-state index contributed by atoms with van der Waals surface area (Å²) in [4.78, 5) is 28.6. The van der Waals surface area contributed by atoms with Crippen molar-refractivity contribution in [3.05, 3.63) is 59.7 Å². The van der Waals surface area contributed by atoms with Gasteiger partial charge >= 0.3 is 0 Å². The van der Waals surface area contributed by atoms with Gasteiger partial charge in [0.2, 0.25) is 21.8 Å². The second-order valence-corrected chi connectivity index (χ2v) is 12.2. The first-order valence-electron chi connectivity index (χ1n) is 14.0. The summed E-state index contributed by atoms with van der Waals surface area (Å²) < 4.78 is 31.9. The fraction of sp³-hybridized carbons (Fsp3) is 0.533. The second kappa shape index (κ2) is 14.4. The van der Waals surface area contributed by atoms with E-state index in [1.807, 2.05) is 45.0 Å². The van der Waals surface area contributed by atoms with E-state index in [4.69, 9.17) is 4.74 Å². The Labute approximate surface area is 233 Å². The molecule has 1 aliphatic rings. The van der Waals surface area contributed by atoms with Gasteiger partial charge in [0.05, 0.1) is 18.6 Å². The SMILES string of the molecule is CCOc1ccc(N(CCCC(=O)N(Cc2cccc(C)c2)[C@H](CC)C(=O)NC2CCCC2)S(C)(=O)=O)cc1.